The second-order valence-electron chi connectivity index (χ2n) is 6.09. The third-order valence-electron chi connectivity index (χ3n) is 4.10. The SMILES string of the molecule is CC(NC(=O)N(N)c1ccc(Oc2ccccc2)cc1N)c1ccccc1. The molecule has 0 aliphatic heterocycles. The van der Waals surface area contributed by atoms with Gasteiger partial charge in [0.25, 0.3) is 0 Å². The maximum atomic E-state index is 12.5. The van der Waals surface area contributed by atoms with Gasteiger partial charge in [-0.1, -0.05) is 48.5 Å². The zero-order chi connectivity index (χ0) is 19.2. The lowest BCUT2D eigenvalue weighted by Crippen LogP contribution is -2.46. The number of hydrogen-bond donors (Lipinski definition) is 3. The van der Waals surface area contributed by atoms with Crippen LogP contribution in [0, 0.1) is 0 Å². The van der Waals surface area contributed by atoms with Crippen LogP contribution >= 0.6 is 0 Å². The van der Waals surface area contributed by atoms with Gasteiger partial charge >= 0.3 is 6.03 Å². The number of nitrogens with two attached hydrogens (primary N) is 2. The van der Waals surface area contributed by atoms with Crippen LogP contribution in [0.3, 0.4) is 0 Å². The Morgan fingerprint density at radius 3 is 2.22 bits per heavy atom. The fraction of sp³-hybridized carbons (Fsp3) is 0.0952. The molecule has 0 heterocycles. The number of carbonyl (C=O) groups is 1. The van der Waals surface area contributed by atoms with E-state index in [1.807, 2.05) is 67.6 Å². The van der Waals surface area contributed by atoms with Gasteiger partial charge in [0, 0.05) is 6.07 Å². The Morgan fingerprint density at radius 2 is 1.59 bits per heavy atom. The molecule has 1 unspecified atom stereocenters. The highest BCUT2D eigenvalue weighted by atomic mass is 16.5. The van der Waals surface area contributed by atoms with Gasteiger partial charge in [-0.3, -0.25) is 0 Å². The van der Waals surface area contributed by atoms with E-state index in [1.165, 1.54) is 0 Å². The Labute approximate surface area is 158 Å². The van der Waals surface area contributed by atoms with Crippen LogP contribution in [0.5, 0.6) is 11.5 Å². The van der Waals surface area contributed by atoms with Gasteiger partial charge in [-0.15, -0.1) is 0 Å². The molecule has 6 heteroatoms. The molecule has 0 aliphatic rings. The van der Waals surface area contributed by atoms with E-state index in [0.29, 0.717) is 22.9 Å². The fourth-order valence-electron chi connectivity index (χ4n) is 2.63. The first kappa shape index (κ1) is 18.3. The van der Waals surface area contributed by atoms with Crippen molar-refractivity contribution in [3.63, 3.8) is 0 Å². The standard InChI is InChI=1S/C21H22N4O2/c1-15(16-8-4-2-5-9-16)24-21(26)25(23)20-13-12-18(14-19(20)22)27-17-10-6-3-7-11-17/h2-15H,22-23H2,1H3,(H,24,26). The first-order valence-corrected chi connectivity index (χ1v) is 8.57. The summed E-state index contributed by atoms with van der Waals surface area (Å²) in [7, 11) is 0. The lowest BCUT2D eigenvalue weighted by atomic mass is 10.1. The third kappa shape index (κ3) is 4.56. The number of benzene rings is 3. The number of ether oxygens (including phenoxy) is 1. The van der Waals surface area contributed by atoms with Crippen molar-refractivity contribution in [2.24, 2.45) is 5.84 Å². The zero-order valence-electron chi connectivity index (χ0n) is 15.0. The number of carbonyl (C=O) groups excluding carboxylic acids is 1. The van der Waals surface area contributed by atoms with Gasteiger partial charge < -0.3 is 15.8 Å². The fourth-order valence-corrected chi connectivity index (χ4v) is 2.63. The lowest BCUT2D eigenvalue weighted by molar-refractivity contribution is 0.243. The van der Waals surface area contributed by atoms with E-state index in [0.717, 1.165) is 10.6 Å². The number of para-hydroxylation sites is 1. The molecule has 0 fully saturated rings. The smallest absolute Gasteiger partial charge is 0.336 e. The average molecular weight is 362 g/mol. The summed E-state index contributed by atoms with van der Waals surface area (Å²) in [6, 6.07) is 23.4. The van der Waals surface area contributed by atoms with Gasteiger partial charge in [-0.25, -0.2) is 15.6 Å². The Kier molecular flexibility index (Phi) is 5.58. The number of urea groups is 1. The number of rotatable bonds is 5. The van der Waals surface area contributed by atoms with Crippen molar-refractivity contribution in [2.75, 3.05) is 10.7 Å². The maximum Gasteiger partial charge on any atom is 0.336 e. The molecule has 0 aliphatic carbocycles. The molecule has 27 heavy (non-hydrogen) atoms. The van der Waals surface area contributed by atoms with Crippen molar-refractivity contribution in [3.8, 4) is 11.5 Å². The number of nitrogens with zero attached hydrogens (tertiary/aromatic N) is 1. The summed E-state index contributed by atoms with van der Waals surface area (Å²) in [4.78, 5) is 12.5. The van der Waals surface area contributed by atoms with Gasteiger partial charge in [-0.05, 0) is 36.8 Å². The van der Waals surface area contributed by atoms with E-state index >= 15 is 0 Å². The summed E-state index contributed by atoms with van der Waals surface area (Å²) in [5.41, 5.74) is 7.80. The van der Waals surface area contributed by atoms with Gasteiger partial charge in [0.2, 0.25) is 0 Å². The molecule has 2 amide bonds. The van der Waals surface area contributed by atoms with E-state index in [4.69, 9.17) is 16.3 Å². The third-order valence-corrected chi connectivity index (χ3v) is 4.10. The van der Waals surface area contributed by atoms with Crippen LogP contribution in [-0.4, -0.2) is 6.03 Å². The Hall–Kier alpha value is -3.51. The molecule has 0 radical (unpaired) electrons. The molecule has 3 aromatic carbocycles. The predicted molar refractivity (Wildman–Crippen MR) is 107 cm³/mol. The summed E-state index contributed by atoms with van der Waals surface area (Å²) < 4.78 is 5.74. The minimum Gasteiger partial charge on any atom is -0.457 e. The Morgan fingerprint density at radius 1 is 0.963 bits per heavy atom. The van der Waals surface area contributed by atoms with Crippen LogP contribution in [-0.2, 0) is 0 Å². The van der Waals surface area contributed by atoms with Crippen LogP contribution in [0.2, 0.25) is 0 Å². The average Bonchev–Trinajstić information content (AvgIpc) is 2.69. The molecule has 3 aromatic rings. The quantitative estimate of drug-likeness (QED) is 0.274. The molecule has 0 bridgehead atoms. The van der Waals surface area contributed by atoms with E-state index in [-0.39, 0.29) is 6.04 Å². The van der Waals surface area contributed by atoms with E-state index in [9.17, 15) is 4.79 Å². The Bertz CT molecular complexity index is 901. The van der Waals surface area contributed by atoms with E-state index < -0.39 is 6.03 Å². The zero-order valence-corrected chi connectivity index (χ0v) is 15.0. The number of nitrogens with one attached hydrogen (secondary N) is 1. The maximum absolute atomic E-state index is 12.5. The molecule has 0 saturated heterocycles. The molecule has 0 aromatic heterocycles. The molecule has 1 atom stereocenters. The van der Waals surface area contributed by atoms with E-state index in [2.05, 4.69) is 5.32 Å². The summed E-state index contributed by atoms with van der Waals surface area (Å²) in [5.74, 6) is 7.23. The first-order chi connectivity index (χ1) is 13.0. The molecule has 0 spiro atoms. The van der Waals surface area contributed by atoms with Crippen LogP contribution in [0.1, 0.15) is 18.5 Å². The van der Waals surface area contributed by atoms with Crippen LogP contribution in [0.15, 0.2) is 78.9 Å². The van der Waals surface area contributed by atoms with Crippen molar-refractivity contribution in [1.82, 2.24) is 5.32 Å². The number of nitrogen functional groups attached to an aromatic ring is 1. The molecule has 6 nitrogen and oxygen atoms in total. The topological polar surface area (TPSA) is 93.6 Å². The van der Waals surface area contributed by atoms with Crippen molar-refractivity contribution in [3.05, 3.63) is 84.4 Å². The van der Waals surface area contributed by atoms with Crippen LogP contribution < -0.4 is 26.6 Å². The normalized spacial score (nSPS) is 11.5. The predicted octanol–water partition coefficient (Wildman–Crippen LogP) is 4.21. The van der Waals surface area contributed by atoms with Crippen LogP contribution in [0.4, 0.5) is 16.2 Å². The monoisotopic (exact) mass is 362 g/mol. The van der Waals surface area contributed by atoms with Gasteiger partial charge in [0.15, 0.2) is 0 Å². The minimum absolute atomic E-state index is 0.188. The highest BCUT2D eigenvalue weighted by Crippen LogP contribution is 2.29. The summed E-state index contributed by atoms with van der Waals surface area (Å²) >= 11 is 0. The summed E-state index contributed by atoms with van der Waals surface area (Å²) in [5, 5.41) is 3.85. The van der Waals surface area contributed by atoms with Crippen molar-refractivity contribution < 1.29 is 9.53 Å². The Balaban J connectivity index is 1.68. The second-order valence-corrected chi connectivity index (χ2v) is 6.09. The second kappa shape index (κ2) is 8.25. The van der Waals surface area contributed by atoms with Crippen molar-refractivity contribution in [2.45, 2.75) is 13.0 Å². The van der Waals surface area contributed by atoms with Gasteiger partial charge in [0.05, 0.1) is 17.4 Å². The highest BCUT2D eigenvalue weighted by Gasteiger charge is 2.17. The van der Waals surface area contributed by atoms with E-state index in [1.54, 1.807) is 18.2 Å². The number of amides is 2. The lowest BCUT2D eigenvalue weighted by Gasteiger charge is -2.22. The molecular formula is C21H22N4O2. The molecule has 0 saturated carbocycles. The van der Waals surface area contributed by atoms with Gasteiger partial charge in [-0.2, -0.15) is 0 Å². The number of hydrogen-bond acceptors (Lipinski definition) is 4. The summed E-state index contributed by atoms with van der Waals surface area (Å²) in [6.45, 7) is 1.89. The minimum atomic E-state index is -0.449. The van der Waals surface area contributed by atoms with Crippen molar-refractivity contribution >= 4 is 17.4 Å². The molecule has 5 N–H and O–H groups in total. The first-order valence-electron chi connectivity index (χ1n) is 8.57. The van der Waals surface area contributed by atoms with Crippen molar-refractivity contribution in [1.29, 1.82) is 0 Å². The van der Waals surface area contributed by atoms with Gasteiger partial charge in [0.1, 0.15) is 11.5 Å². The molecule has 3 rings (SSSR count). The summed E-state index contributed by atoms with van der Waals surface area (Å²) in [6.07, 6.45) is 0. The largest absolute Gasteiger partial charge is 0.457 e. The number of anilines is 2. The highest BCUT2D eigenvalue weighted by molar-refractivity contribution is 5.94. The van der Waals surface area contributed by atoms with Crippen LogP contribution in [0.25, 0.3) is 0 Å². The molecule has 138 valence electrons. The number of hydrazine groups is 1. The molecular weight excluding hydrogens is 340 g/mol.